The van der Waals surface area contributed by atoms with Crippen molar-refractivity contribution in [2.75, 3.05) is 6.54 Å². The summed E-state index contributed by atoms with van der Waals surface area (Å²) in [5.74, 6) is -0.575. The Morgan fingerprint density at radius 2 is 2.00 bits per heavy atom. The Kier molecular flexibility index (Phi) is 2.96. The summed E-state index contributed by atoms with van der Waals surface area (Å²) in [7, 11) is 0. The van der Waals surface area contributed by atoms with E-state index in [4.69, 9.17) is 0 Å². The smallest absolute Gasteiger partial charge is 0.302 e. The quantitative estimate of drug-likeness (QED) is 0.724. The molecule has 1 unspecified atom stereocenters. The van der Waals surface area contributed by atoms with E-state index in [0.29, 0.717) is 4.47 Å². The van der Waals surface area contributed by atoms with Crippen LogP contribution in [-0.2, 0) is 6.42 Å². The van der Waals surface area contributed by atoms with Crippen LogP contribution in [0.1, 0.15) is 17.2 Å². The van der Waals surface area contributed by atoms with Gasteiger partial charge in [-0.15, -0.1) is 0 Å². The van der Waals surface area contributed by atoms with Gasteiger partial charge in [0.05, 0.1) is 0 Å². The molecule has 0 aromatic heterocycles. The summed E-state index contributed by atoms with van der Waals surface area (Å²) in [6, 6.07) is 0.697. The van der Waals surface area contributed by atoms with Gasteiger partial charge in [-0.1, -0.05) is 15.9 Å². The number of hydrogen-bond acceptors (Lipinski definition) is 1. The second kappa shape index (κ2) is 4.00. The molecule has 1 aliphatic rings. The molecule has 2 rings (SSSR count). The van der Waals surface area contributed by atoms with Crippen LogP contribution in [0.3, 0.4) is 0 Å². The molecule has 0 radical (unpaired) electrons. The Morgan fingerprint density at radius 3 is 2.62 bits per heavy atom. The highest BCUT2D eigenvalue weighted by Crippen LogP contribution is 2.40. The molecule has 16 heavy (non-hydrogen) atoms. The third-order valence-electron chi connectivity index (χ3n) is 2.59. The molecule has 1 nitrogen and oxygen atoms in total. The Labute approximate surface area is 98.0 Å². The summed E-state index contributed by atoms with van der Waals surface area (Å²) in [5, 5.41) is 2.36. The van der Waals surface area contributed by atoms with Gasteiger partial charge >= 0.3 is 6.18 Å². The SMILES string of the molecule is Fc1ccc(Br)c2c1CCNC2C(F)(F)F. The normalized spacial score (nSPS) is 20.7. The lowest BCUT2D eigenvalue weighted by Crippen LogP contribution is -2.40. The van der Waals surface area contributed by atoms with Crippen LogP contribution >= 0.6 is 15.9 Å². The van der Waals surface area contributed by atoms with Gasteiger partial charge in [-0.3, -0.25) is 0 Å². The minimum Gasteiger partial charge on any atom is -0.302 e. The van der Waals surface area contributed by atoms with Gasteiger partial charge in [0.25, 0.3) is 0 Å². The topological polar surface area (TPSA) is 12.0 Å². The van der Waals surface area contributed by atoms with Crippen molar-refractivity contribution in [2.24, 2.45) is 0 Å². The minimum absolute atomic E-state index is 0.0289. The van der Waals surface area contributed by atoms with Gasteiger partial charge in [-0.2, -0.15) is 13.2 Å². The van der Waals surface area contributed by atoms with Crippen LogP contribution in [0.15, 0.2) is 16.6 Å². The third kappa shape index (κ3) is 1.96. The molecule has 6 heteroatoms. The van der Waals surface area contributed by atoms with Crippen molar-refractivity contribution < 1.29 is 17.6 Å². The van der Waals surface area contributed by atoms with Crippen molar-refractivity contribution in [3.8, 4) is 0 Å². The highest BCUT2D eigenvalue weighted by atomic mass is 79.9. The number of rotatable bonds is 0. The standard InChI is InChI=1S/C10H8BrF4N/c11-6-1-2-7(12)5-3-4-16-9(8(5)6)10(13,14)15/h1-2,9,16H,3-4H2. The number of fused-ring (bicyclic) bond motifs is 1. The number of nitrogens with one attached hydrogen (secondary N) is 1. The number of alkyl halides is 3. The first kappa shape index (κ1) is 11.9. The van der Waals surface area contributed by atoms with Gasteiger partial charge in [0.2, 0.25) is 0 Å². The van der Waals surface area contributed by atoms with Crippen molar-refractivity contribution >= 4 is 15.9 Å². The largest absolute Gasteiger partial charge is 0.407 e. The fourth-order valence-corrected chi connectivity index (χ4v) is 2.50. The van der Waals surface area contributed by atoms with Crippen molar-refractivity contribution in [3.05, 3.63) is 33.5 Å². The molecule has 1 aromatic rings. The molecule has 1 heterocycles. The highest BCUT2D eigenvalue weighted by Gasteiger charge is 2.44. The first-order valence-corrected chi connectivity index (χ1v) is 5.47. The molecule has 0 aliphatic carbocycles. The predicted molar refractivity (Wildman–Crippen MR) is 54.6 cm³/mol. The van der Waals surface area contributed by atoms with Crippen LogP contribution in [0.4, 0.5) is 17.6 Å². The maximum Gasteiger partial charge on any atom is 0.407 e. The fraction of sp³-hybridized carbons (Fsp3) is 0.400. The minimum atomic E-state index is -4.41. The van der Waals surface area contributed by atoms with Gasteiger partial charge in [0, 0.05) is 11.0 Å². The van der Waals surface area contributed by atoms with Crippen LogP contribution in [0.5, 0.6) is 0 Å². The van der Waals surface area contributed by atoms with E-state index in [0.717, 1.165) is 0 Å². The Morgan fingerprint density at radius 1 is 1.31 bits per heavy atom. The van der Waals surface area contributed by atoms with E-state index in [2.05, 4.69) is 21.2 Å². The second-order valence-corrected chi connectivity index (χ2v) is 4.45. The van der Waals surface area contributed by atoms with Gasteiger partial charge in [0.1, 0.15) is 11.9 Å². The summed E-state index contributed by atoms with van der Waals surface area (Å²) < 4.78 is 51.9. The molecule has 1 aliphatic heterocycles. The Bertz CT molecular complexity index is 416. The molecule has 1 N–H and O–H groups in total. The van der Waals surface area contributed by atoms with Crippen LogP contribution in [-0.4, -0.2) is 12.7 Å². The Hall–Kier alpha value is -0.620. The predicted octanol–water partition coefficient (Wildman–Crippen LogP) is 3.34. The molecular formula is C10H8BrF4N. The van der Waals surface area contributed by atoms with Crippen LogP contribution in [0.25, 0.3) is 0 Å². The average Bonchev–Trinajstić information content (AvgIpc) is 2.22. The fourth-order valence-electron chi connectivity index (χ4n) is 1.90. The lowest BCUT2D eigenvalue weighted by Gasteiger charge is -2.29. The molecule has 0 spiro atoms. The molecular weight excluding hydrogens is 290 g/mol. The number of hydrogen-bond donors (Lipinski definition) is 1. The van der Waals surface area contributed by atoms with Crippen molar-refractivity contribution in [3.63, 3.8) is 0 Å². The third-order valence-corrected chi connectivity index (χ3v) is 3.28. The molecule has 0 saturated heterocycles. The van der Waals surface area contributed by atoms with Crippen LogP contribution in [0.2, 0.25) is 0 Å². The Balaban J connectivity index is 2.58. The van der Waals surface area contributed by atoms with Crippen molar-refractivity contribution in [2.45, 2.75) is 18.6 Å². The van der Waals surface area contributed by atoms with E-state index < -0.39 is 18.0 Å². The summed E-state index contributed by atoms with van der Waals surface area (Å²) in [4.78, 5) is 0. The monoisotopic (exact) mass is 297 g/mol. The van der Waals surface area contributed by atoms with E-state index in [-0.39, 0.29) is 24.1 Å². The van der Waals surface area contributed by atoms with E-state index >= 15 is 0 Å². The van der Waals surface area contributed by atoms with Crippen molar-refractivity contribution in [1.82, 2.24) is 5.32 Å². The van der Waals surface area contributed by atoms with Crippen molar-refractivity contribution in [1.29, 1.82) is 0 Å². The van der Waals surface area contributed by atoms with E-state index in [1.54, 1.807) is 0 Å². The molecule has 88 valence electrons. The number of benzene rings is 1. The summed E-state index contributed by atoms with van der Waals surface area (Å²) in [6.07, 6.45) is -4.14. The summed E-state index contributed by atoms with van der Waals surface area (Å²) in [6.45, 7) is 0.130. The lowest BCUT2D eigenvalue weighted by atomic mass is 9.93. The first-order valence-electron chi connectivity index (χ1n) is 4.68. The molecule has 0 bridgehead atoms. The van der Waals surface area contributed by atoms with Gasteiger partial charge in [0.15, 0.2) is 0 Å². The maximum absolute atomic E-state index is 13.4. The maximum atomic E-state index is 13.4. The zero-order chi connectivity index (χ0) is 11.9. The molecule has 0 saturated carbocycles. The highest BCUT2D eigenvalue weighted by molar-refractivity contribution is 9.10. The lowest BCUT2D eigenvalue weighted by molar-refractivity contribution is -0.159. The zero-order valence-electron chi connectivity index (χ0n) is 8.04. The van der Waals surface area contributed by atoms with E-state index in [1.807, 2.05) is 0 Å². The van der Waals surface area contributed by atoms with Gasteiger partial charge in [-0.25, -0.2) is 4.39 Å². The zero-order valence-corrected chi connectivity index (χ0v) is 9.62. The molecule has 1 aromatic carbocycles. The summed E-state index contributed by atoms with van der Waals surface area (Å²) in [5.41, 5.74) is 0.120. The van der Waals surface area contributed by atoms with Gasteiger partial charge in [-0.05, 0) is 29.7 Å². The number of halogens is 5. The molecule has 0 fully saturated rings. The van der Waals surface area contributed by atoms with Gasteiger partial charge < -0.3 is 5.32 Å². The second-order valence-electron chi connectivity index (χ2n) is 3.60. The first-order chi connectivity index (χ1) is 7.41. The molecule has 1 atom stereocenters. The van der Waals surface area contributed by atoms with Crippen LogP contribution < -0.4 is 5.32 Å². The average molecular weight is 298 g/mol. The molecule has 0 amide bonds. The van der Waals surface area contributed by atoms with Crippen LogP contribution in [0, 0.1) is 5.82 Å². The van der Waals surface area contributed by atoms with E-state index in [1.165, 1.54) is 12.1 Å². The van der Waals surface area contributed by atoms with E-state index in [9.17, 15) is 17.6 Å². The summed E-state index contributed by atoms with van der Waals surface area (Å²) >= 11 is 3.04.